The Labute approximate surface area is 172 Å². The fraction of sp³-hybridized carbons (Fsp3) is 0.368. The van der Waals surface area contributed by atoms with E-state index in [1.807, 2.05) is 19.1 Å². The standard InChI is InChI=1S/C19H22BrCl2NO3/c1-3-12(10-24)23-9-13-15(20)7-8-18(25-2)19(13)26-11-14-16(21)5-4-6-17(14)22/h4-8,12,23-24H,3,9-11H2,1-2H3. The van der Waals surface area contributed by atoms with Crippen LogP contribution < -0.4 is 14.8 Å². The summed E-state index contributed by atoms with van der Waals surface area (Å²) in [6.07, 6.45) is 0.823. The molecule has 1 unspecified atom stereocenters. The first-order chi connectivity index (χ1) is 12.5. The minimum Gasteiger partial charge on any atom is -0.493 e. The number of benzene rings is 2. The van der Waals surface area contributed by atoms with Crippen molar-refractivity contribution in [1.82, 2.24) is 5.32 Å². The molecule has 0 aliphatic carbocycles. The maximum Gasteiger partial charge on any atom is 0.167 e. The third-order valence-electron chi connectivity index (χ3n) is 4.09. The van der Waals surface area contributed by atoms with Gasteiger partial charge in [-0.2, -0.15) is 0 Å². The van der Waals surface area contributed by atoms with E-state index >= 15 is 0 Å². The largest absolute Gasteiger partial charge is 0.493 e. The van der Waals surface area contributed by atoms with Crippen LogP contribution in [0, 0.1) is 0 Å². The zero-order chi connectivity index (χ0) is 19.1. The summed E-state index contributed by atoms with van der Waals surface area (Å²) in [5.74, 6) is 1.23. The first kappa shape index (κ1) is 21.3. The number of rotatable bonds is 9. The summed E-state index contributed by atoms with van der Waals surface area (Å²) in [5, 5.41) is 13.8. The van der Waals surface area contributed by atoms with Crippen LogP contribution in [0.15, 0.2) is 34.8 Å². The van der Waals surface area contributed by atoms with Crippen LogP contribution >= 0.6 is 39.1 Å². The maximum atomic E-state index is 9.40. The van der Waals surface area contributed by atoms with Crippen LogP contribution in [0.5, 0.6) is 11.5 Å². The van der Waals surface area contributed by atoms with Gasteiger partial charge in [-0.3, -0.25) is 0 Å². The summed E-state index contributed by atoms with van der Waals surface area (Å²) in [7, 11) is 1.60. The second-order valence-corrected chi connectivity index (χ2v) is 7.38. The Morgan fingerprint density at radius 2 is 1.85 bits per heavy atom. The van der Waals surface area contributed by atoms with Gasteiger partial charge in [0.15, 0.2) is 11.5 Å². The van der Waals surface area contributed by atoms with Gasteiger partial charge in [0.05, 0.1) is 13.7 Å². The smallest absolute Gasteiger partial charge is 0.167 e. The molecule has 0 saturated carbocycles. The van der Waals surface area contributed by atoms with Crippen LogP contribution in [-0.4, -0.2) is 24.9 Å². The molecule has 1 atom stereocenters. The van der Waals surface area contributed by atoms with Crippen molar-refractivity contribution in [1.29, 1.82) is 0 Å². The molecular formula is C19H22BrCl2NO3. The normalized spacial score (nSPS) is 12.1. The molecule has 2 aromatic carbocycles. The highest BCUT2D eigenvalue weighted by molar-refractivity contribution is 9.10. The van der Waals surface area contributed by atoms with Gasteiger partial charge in [-0.05, 0) is 30.7 Å². The first-order valence-electron chi connectivity index (χ1n) is 8.27. The van der Waals surface area contributed by atoms with E-state index < -0.39 is 0 Å². The summed E-state index contributed by atoms with van der Waals surface area (Å²) < 4.78 is 12.4. The van der Waals surface area contributed by atoms with E-state index in [4.69, 9.17) is 32.7 Å². The van der Waals surface area contributed by atoms with Crippen LogP contribution in [-0.2, 0) is 13.2 Å². The topological polar surface area (TPSA) is 50.7 Å². The molecule has 7 heteroatoms. The summed E-state index contributed by atoms with van der Waals surface area (Å²) in [6, 6.07) is 9.10. The number of nitrogens with one attached hydrogen (secondary N) is 1. The molecule has 2 N–H and O–H groups in total. The lowest BCUT2D eigenvalue weighted by atomic mass is 10.1. The number of methoxy groups -OCH3 is 1. The zero-order valence-corrected chi connectivity index (χ0v) is 17.8. The van der Waals surface area contributed by atoms with Crippen molar-refractivity contribution in [2.24, 2.45) is 0 Å². The predicted molar refractivity (Wildman–Crippen MR) is 109 cm³/mol. The van der Waals surface area contributed by atoms with E-state index in [0.29, 0.717) is 28.1 Å². The van der Waals surface area contributed by atoms with E-state index in [-0.39, 0.29) is 19.3 Å². The van der Waals surface area contributed by atoms with E-state index in [1.165, 1.54) is 0 Å². The van der Waals surface area contributed by atoms with E-state index in [9.17, 15) is 5.11 Å². The van der Waals surface area contributed by atoms with Crippen molar-refractivity contribution >= 4 is 39.1 Å². The summed E-state index contributed by atoms with van der Waals surface area (Å²) >= 11 is 16.0. The fourth-order valence-electron chi connectivity index (χ4n) is 2.46. The summed E-state index contributed by atoms with van der Waals surface area (Å²) in [5.41, 5.74) is 1.62. The van der Waals surface area contributed by atoms with Crippen molar-refractivity contribution in [3.8, 4) is 11.5 Å². The molecule has 0 heterocycles. The van der Waals surface area contributed by atoms with Crippen LogP contribution in [0.25, 0.3) is 0 Å². The van der Waals surface area contributed by atoms with Gasteiger partial charge in [0, 0.05) is 38.2 Å². The SMILES string of the molecule is CCC(CO)NCc1c(Br)ccc(OC)c1OCc1c(Cl)cccc1Cl. The number of hydrogen-bond acceptors (Lipinski definition) is 4. The first-order valence-corrected chi connectivity index (χ1v) is 9.81. The second kappa shape index (κ2) is 10.4. The molecule has 0 amide bonds. The molecule has 0 aliphatic heterocycles. The van der Waals surface area contributed by atoms with Gasteiger partial charge in [-0.25, -0.2) is 0 Å². The monoisotopic (exact) mass is 461 g/mol. The maximum absolute atomic E-state index is 9.40. The Balaban J connectivity index is 2.28. The molecule has 0 spiro atoms. The van der Waals surface area contributed by atoms with Crippen molar-refractivity contribution in [2.45, 2.75) is 32.5 Å². The lowest BCUT2D eigenvalue weighted by molar-refractivity contribution is 0.236. The minimum absolute atomic E-state index is 0.0129. The van der Waals surface area contributed by atoms with Crippen LogP contribution in [0.4, 0.5) is 0 Å². The predicted octanol–water partition coefficient (Wildman–Crippen LogP) is 5.20. The highest BCUT2D eigenvalue weighted by Gasteiger charge is 2.17. The Morgan fingerprint density at radius 3 is 2.42 bits per heavy atom. The van der Waals surface area contributed by atoms with Gasteiger partial charge >= 0.3 is 0 Å². The molecule has 2 rings (SSSR count). The second-order valence-electron chi connectivity index (χ2n) is 5.71. The quantitative estimate of drug-likeness (QED) is 0.537. The third-order valence-corrected chi connectivity index (χ3v) is 5.54. The molecule has 0 bridgehead atoms. The van der Waals surface area contributed by atoms with Crippen molar-refractivity contribution < 1.29 is 14.6 Å². The van der Waals surface area contributed by atoms with Gasteiger partial charge in [0.25, 0.3) is 0 Å². The Kier molecular flexibility index (Phi) is 8.51. The molecular weight excluding hydrogens is 441 g/mol. The number of hydrogen-bond donors (Lipinski definition) is 2. The fourth-order valence-corrected chi connectivity index (χ4v) is 3.42. The number of aliphatic hydroxyl groups excluding tert-OH is 1. The highest BCUT2D eigenvalue weighted by Crippen LogP contribution is 2.37. The molecule has 4 nitrogen and oxygen atoms in total. The van der Waals surface area contributed by atoms with Gasteiger partial charge < -0.3 is 19.9 Å². The molecule has 142 valence electrons. The Bertz CT molecular complexity index is 719. The number of halogens is 3. The minimum atomic E-state index is 0.0129. The number of aliphatic hydroxyl groups is 1. The van der Waals surface area contributed by atoms with Crippen LogP contribution in [0.2, 0.25) is 10.0 Å². The van der Waals surface area contributed by atoms with Gasteiger partial charge in [-0.15, -0.1) is 0 Å². The van der Waals surface area contributed by atoms with Crippen molar-refractivity contribution in [2.75, 3.05) is 13.7 Å². The lowest BCUT2D eigenvalue weighted by Gasteiger charge is -2.20. The van der Waals surface area contributed by atoms with Gasteiger partial charge in [0.1, 0.15) is 6.61 Å². The Hall–Kier alpha value is -0.980. The molecule has 0 radical (unpaired) electrons. The molecule has 0 aliphatic rings. The van der Waals surface area contributed by atoms with Crippen LogP contribution in [0.1, 0.15) is 24.5 Å². The molecule has 0 aromatic heterocycles. The number of ether oxygens (including phenoxy) is 2. The average molecular weight is 463 g/mol. The van der Waals surface area contributed by atoms with Gasteiger partial charge in [0.2, 0.25) is 0 Å². The lowest BCUT2D eigenvalue weighted by Crippen LogP contribution is -2.31. The average Bonchev–Trinajstić information content (AvgIpc) is 2.63. The molecule has 0 saturated heterocycles. The Morgan fingerprint density at radius 1 is 1.15 bits per heavy atom. The molecule has 26 heavy (non-hydrogen) atoms. The van der Waals surface area contributed by atoms with E-state index in [2.05, 4.69) is 21.2 Å². The molecule has 2 aromatic rings. The van der Waals surface area contributed by atoms with Crippen molar-refractivity contribution in [3.05, 3.63) is 56.0 Å². The van der Waals surface area contributed by atoms with E-state index in [0.717, 1.165) is 22.0 Å². The zero-order valence-electron chi connectivity index (χ0n) is 14.7. The summed E-state index contributed by atoms with van der Waals surface area (Å²) in [6.45, 7) is 2.83. The molecule has 0 fully saturated rings. The highest BCUT2D eigenvalue weighted by atomic mass is 79.9. The van der Waals surface area contributed by atoms with Crippen LogP contribution in [0.3, 0.4) is 0 Å². The van der Waals surface area contributed by atoms with E-state index in [1.54, 1.807) is 25.3 Å². The van der Waals surface area contributed by atoms with Gasteiger partial charge in [-0.1, -0.05) is 52.1 Å². The summed E-state index contributed by atoms with van der Waals surface area (Å²) in [4.78, 5) is 0. The third kappa shape index (κ3) is 5.27. The van der Waals surface area contributed by atoms with Crippen molar-refractivity contribution in [3.63, 3.8) is 0 Å².